The van der Waals surface area contributed by atoms with E-state index in [-0.39, 0.29) is 17.5 Å². The number of aromatic nitrogens is 2. The highest BCUT2D eigenvalue weighted by Crippen LogP contribution is 2.30. The number of anilines is 2. The third kappa shape index (κ3) is 7.35. The molecule has 0 spiro atoms. The summed E-state index contributed by atoms with van der Waals surface area (Å²) >= 11 is 8.63. The first kappa shape index (κ1) is 31.6. The van der Waals surface area contributed by atoms with Crippen LogP contribution in [0.25, 0.3) is 0 Å². The number of hydrogen-bond acceptors (Lipinski definition) is 7. The predicted octanol–water partition coefficient (Wildman–Crippen LogP) is 5.75. The Kier molecular flexibility index (Phi) is 10.0. The van der Waals surface area contributed by atoms with E-state index in [9.17, 15) is 14.4 Å². The number of piperidine rings is 1. The molecule has 2 aromatic carbocycles. The van der Waals surface area contributed by atoms with Crippen LogP contribution in [-0.2, 0) is 16.0 Å². The lowest BCUT2D eigenvalue weighted by atomic mass is 10.1. The molecule has 0 aliphatic carbocycles. The zero-order valence-corrected chi connectivity index (χ0v) is 27.2. The fourth-order valence-electron chi connectivity index (χ4n) is 4.87. The fraction of sp³-hybridized carbons (Fsp3) is 0.400. The highest BCUT2D eigenvalue weighted by Gasteiger charge is 2.32. The molecular weight excluding hydrogens is 673 g/mol. The van der Waals surface area contributed by atoms with Gasteiger partial charge in [0.05, 0.1) is 24.9 Å². The average Bonchev–Trinajstić information content (AvgIpc) is 3.27. The number of nitrogens with zero attached hydrogens (tertiary/aromatic N) is 4. The van der Waals surface area contributed by atoms with Crippen LogP contribution < -0.4 is 15.1 Å². The van der Waals surface area contributed by atoms with Crippen LogP contribution in [0.1, 0.15) is 60.0 Å². The number of amides is 2. The van der Waals surface area contributed by atoms with Gasteiger partial charge in [-0.3, -0.25) is 4.79 Å². The van der Waals surface area contributed by atoms with Crippen LogP contribution in [0.5, 0.6) is 0 Å². The largest absolute Gasteiger partial charge is 0.465 e. The number of hydrogen-bond donors (Lipinski definition) is 1. The molecule has 12 heteroatoms. The van der Waals surface area contributed by atoms with E-state index in [2.05, 4.69) is 32.8 Å². The molecular formula is C30H35ClIN5O5. The van der Waals surface area contributed by atoms with Crippen molar-refractivity contribution < 1.29 is 23.9 Å². The van der Waals surface area contributed by atoms with Crippen LogP contribution in [0.3, 0.4) is 0 Å². The summed E-state index contributed by atoms with van der Waals surface area (Å²) in [6, 6.07) is 14.1. The third-order valence-electron chi connectivity index (χ3n) is 6.79. The van der Waals surface area contributed by atoms with E-state index >= 15 is 0 Å². The maximum atomic E-state index is 14.1. The van der Waals surface area contributed by atoms with Crippen molar-refractivity contribution in [3.05, 3.63) is 74.1 Å². The smallest absolute Gasteiger partial charge is 0.407 e. The topological polar surface area (TPSA) is 106 Å². The minimum Gasteiger partial charge on any atom is -0.465 e. The Balaban J connectivity index is 1.72. The molecule has 224 valence electrons. The molecule has 1 fully saturated rings. The lowest BCUT2D eigenvalue weighted by Crippen LogP contribution is -2.49. The first-order valence-electron chi connectivity index (χ1n) is 13.6. The molecule has 0 unspecified atom stereocenters. The van der Waals surface area contributed by atoms with Crippen molar-refractivity contribution in [3.63, 3.8) is 0 Å². The van der Waals surface area contributed by atoms with Gasteiger partial charge >= 0.3 is 12.1 Å². The number of benzene rings is 2. The molecule has 42 heavy (non-hydrogen) atoms. The van der Waals surface area contributed by atoms with Crippen LogP contribution in [0, 0.1) is 3.70 Å². The summed E-state index contributed by atoms with van der Waals surface area (Å²) in [7, 11) is 2.92. The van der Waals surface area contributed by atoms with Crippen molar-refractivity contribution in [1.82, 2.24) is 14.9 Å². The van der Waals surface area contributed by atoms with E-state index in [4.69, 9.17) is 26.1 Å². The average molecular weight is 708 g/mol. The Morgan fingerprint density at radius 1 is 1.14 bits per heavy atom. The van der Waals surface area contributed by atoms with Crippen LogP contribution in [0.15, 0.2) is 48.5 Å². The third-order valence-corrected chi connectivity index (χ3v) is 7.92. The molecule has 2 heterocycles. The van der Waals surface area contributed by atoms with E-state index in [0.29, 0.717) is 45.7 Å². The number of halogens is 2. The van der Waals surface area contributed by atoms with Crippen molar-refractivity contribution in [2.45, 2.75) is 51.8 Å². The van der Waals surface area contributed by atoms with Crippen molar-refractivity contribution >= 4 is 63.8 Å². The Bertz CT molecular complexity index is 1470. The van der Waals surface area contributed by atoms with Crippen LogP contribution >= 0.6 is 34.2 Å². The second-order valence-corrected chi connectivity index (χ2v) is 12.5. The van der Waals surface area contributed by atoms with Crippen LogP contribution in [-0.4, -0.2) is 66.4 Å². The van der Waals surface area contributed by atoms with Gasteiger partial charge in [-0.25, -0.2) is 14.6 Å². The molecule has 1 aromatic heterocycles. The Morgan fingerprint density at radius 3 is 2.52 bits per heavy atom. The number of esters is 1. The predicted molar refractivity (Wildman–Crippen MR) is 171 cm³/mol. The highest BCUT2D eigenvalue weighted by molar-refractivity contribution is 14.1. The minimum atomic E-state index is -0.604. The van der Waals surface area contributed by atoms with E-state index in [0.717, 1.165) is 18.4 Å². The number of para-hydroxylation sites is 1. The number of nitrogens with one attached hydrogen (secondary N) is 1. The van der Waals surface area contributed by atoms with E-state index in [1.807, 2.05) is 43.5 Å². The SMILES string of the molecule is COC(=O)c1ccccc1N(C)C(=O)c1c(I)nc(N2CCC[C@@H](NC(=O)OC(C)(C)C)C2)n1Cc1ccccc1Cl. The number of alkyl carbamates (subject to hydrolysis) is 1. The molecule has 1 atom stereocenters. The van der Waals surface area contributed by atoms with Crippen molar-refractivity contribution in [2.75, 3.05) is 37.0 Å². The summed E-state index contributed by atoms with van der Waals surface area (Å²) in [6.07, 6.45) is 1.13. The Hall–Kier alpha value is -3.32. The quantitative estimate of drug-likeness (QED) is 0.247. The fourth-order valence-corrected chi connectivity index (χ4v) is 5.81. The number of ether oxygens (including phenoxy) is 2. The molecule has 10 nitrogen and oxygen atoms in total. The number of methoxy groups -OCH3 is 1. The van der Waals surface area contributed by atoms with Gasteiger partial charge in [0.2, 0.25) is 5.95 Å². The zero-order chi connectivity index (χ0) is 30.6. The van der Waals surface area contributed by atoms with Crippen LogP contribution in [0.4, 0.5) is 16.4 Å². The maximum Gasteiger partial charge on any atom is 0.407 e. The molecule has 1 aliphatic heterocycles. The first-order chi connectivity index (χ1) is 19.9. The minimum absolute atomic E-state index is 0.162. The number of imidazole rings is 1. The number of carbonyl (C=O) groups is 3. The zero-order valence-electron chi connectivity index (χ0n) is 24.3. The molecule has 1 N–H and O–H groups in total. The summed E-state index contributed by atoms with van der Waals surface area (Å²) in [5.41, 5.74) is 1.26. The van der Waals surface area contributed by atoms with Gasteiger partial charge in [-0.1, -0.05) is 41.9 Å². The number of carbonyl (C=O) groups excluding carboxylic acids is 3. The Labute approximate surface area is 264 Å². The summed E-state index contributed by atoms with van der Waals surface area (Å²) in [4.78, 5) is 47.5. The molecule has 1 saturated heterocycles. The van der Waals surface area contributed by atoms with E-state index in [1.165, 1.54) is 12.0 Å². The first-order valence-corrected chi connectivity index (χ1v) is 15.0. The summed E-state index contributed by atoms with van der Waals surface area (Å²) in [5, 5.41) is 3.55. The molecule has 0 bridgehead atoms. The summed E-state index contributed by atoms with van der Waals surface area (Å²) < 4.78 is 12.8. The molecule has 3 aromatic rings. The number of rotatable bonds is 7. The molecule has 0 radical (unpaired) electrons. The van der Waals surface area contributed by atoms with Gasteiger partial charge in [0.25, 0.3) is 5.91 Å². The van der Waals surface area contributed by atoms with Gasteiger partial charge in [0, 0.05) is 31.2 Å². The summed E-state index contributed by atoms with van der Waals surface area (Å²) in [5.74, 6) is -0.294. The van der Waals surface area contributed by atoms with Gasteiger partial charge in [-0.05, 0) is 80.0 Å². The van der Waals surface area contributed by atoms with E-state index < -0.39 is 17.7 Å². The lowest BCUT2D eigenvalue weighted by molar-refractivity contribution is 0.0498. The standard InChI is InChI=1S/C30H35ClIN5O5/c1-30(2,3)42-29(40)33-20-12-10-16-36(18-20)28-34-25(32)24(37(28)17-19-11-6-8-14-22(19)31)26(38)35(4)23-15-9-7-13-21(23)27(39)41-5/h6-9,11,13-15,20H,10,12,16-18H2,1-5H3,(H,33,40)/t20-/m1/s1. The maximum absolute atomic E-state index is 14.1. The van der Waals surface area contributed by atoms with Crippen molar-refractivity contribution in [3.8, 4) is 0 Å². The molecule has 1 aliphatic rings. The Morgan fingerprint density at radius 2 is 1.83 bits per heavy atom. The normalized spacial score (nSPS) is 15.2. The second kappa shape index (κ2) is 13.3. The van der Waals surface area contributed by atoms with Gasteiger partial charge < -0.3 is 29.2 Å². The monoisotopic (exact) mass is 707 g/mol. The molecule has 0 saturated carbocycles. The highest BCUT2D eigenvalue weighted by atomic mass is 127. The van der Waals surface area contributed by atoms with Gasteiger partial charge in [-0.2, -0.15) is 0 Å². The van der Waals surface area contributed by atoms with Gasteiger partial charge in [0.15, 0.2) is 0 Å². The van der Waals surface area contributed by atoms with Gasteiger partial charge in [-0.15, -0.1) is 0 Å². The van der Waals surface area contributed by atoms with E-state index in [1.54, 1.807) is 37.4 Å². The van der Waals surface area contributed by atoms with Gasteiger partial charge in [0.1, 0.15) is 15.0 Å². The van der Waals surface area contributed by atoms with Crippen LogP contribution in [0.2, 0.25) is 5.02 Å². The second-order valence-electron chi connectivity index (χ2n) is 11.0. The molecule has 2 amide bonds. The van der Waals surface area contributed by atoms with Crippen molar-refractivity contribution in [1.29, 1.82) is 0 Å². The molecule has 4 rings (SSSR count). The lowest BCUT2D eigenvalue weighted by Gasteiger charge is -2.34. The van der Waals surface area contributed by atoms with Crippen molar-refractivity contribution in [2.24, 2.45) is 0 Å². The summed E-state index contributed by atoms with van der Waals surface area (Å²) in [6.45, 7) is 6.95.